The molecule has 0 amide bonds. The van der Waals surface area contributed by atoms with Crippen LogP contribution in [0.4, 0.5) is 0 Å². The van der Waals surface area contributed by atoms with Crippen molar-refractivity contribution in [3.63, 3.8) is 0 Å². The molecule has 0 unspecified atom stereocenters. The van der Waals surface area contributed by atoms with Crippen molar-refractivity contribution in [2.45, 2.75) is 32.6 Å². The lowest BCUT2D eigenvalue weighted by atomic mass is 10.00. The van der Waals surface area contributed by atoms with Crippen LogP contribution < -0.4 is 5.56 Å². The van der Waals surface area contributed by atoms with E-state index in [1.54, 1.807) is 0 Å². The largest absolute Gasteiger partial charge is 0.281 e. The molecule has 2 nitrogen and oxygen atoms in total. The summed E-state index contributed by atoms with van der Waals surface area (Å²) in [6, 6.07) is 18.4. The van der Waals surface area contributed by atoms with Gasteiger partial charge in [0.05, 0.1) is 5.39 Å². The molecule has 2 heteroatoms. The van der Waals surface area contributed by atoms with E-state index < -0.39 is 0 Å². The second kappa shape index (κ2) is 7.85. The van der Waals surface area contributed by atoms with Gasteiger partial charge in [-0.15, -0.1) is 0 Å². The fourth-order valence-corrected chi connectivity index (χ4v) is 3.75. The molecule has 1 aliphatic carbocycles. The molecule has 0 saturated heterocycles. The van der Waals surface area contributed by atoms with Gasteiger partial charge in [0, 0.05) is 11.4 Å². The van der Waals surface area contributed by atoms with Crippen molar-refractivity contribution in [1.29, 1.82) is 0 Å². The molecule has 0 N–H and O–H groups in total. The Bertz CT molecular complexity index is 1140. The molecule has 0 atom stereocenters. The minimum Gasteiger partial charge on any atom is -0.281 e. The highest BCUT2D eigenvalue weighted by Crippen LogP contribution is 2.26. The molecule has 4 rings (SSSR count). The van der Waals surface area contributed by atoms with Crippen LogP contribution in [0.1, 0.15) is 49.4 Å². The van der Waals surface area contributed by atoms with Crippen molar-refractivity contribution in [1.82, 2.24) is 4.57 Å². The fraction of sp³-hybridized carbons (Fsp3) is 0.192. The summed E-state index contributed by atoms with van der Waals surface area (Å²) in [6.45, 7) is 4.28. The summed E-state index contributed by atoms with van der Waals surface area (Å²) < 4.78 is 1.91. The van der Waals surface area contributed by atoms with Crippen molar-refractivity contribution < 1.29 is 0 Å². The quantitative estimate of drug-likeness (QED) is 0.483. The molecular formula is C26H25NO. The van der Waals surface area contributed by atoms with Gasteiger partial charge in [-0.25, -0.2) is 0 Å². The number of pyridine rings is 1. The first-order valence-corrected chi connectivity index (χ1v) is 9.94. The van der Waals surface area contributed by atoms with Crippen LogP contribution in [0.2, 0.25) is 0 Å². The molecule has 2 aromatic carbocycles. The van der Waals surface area contributed by atoms with Crippen LogP contribution in [0, 0.1) is 0 Å². The minimum absolute atomic E-state index is 0.0623. The van der Waals surface area contributed by atoms with Gasteiger partial charge in [0.1, 0.15) is 0 Å². The van der Waals surface area contributed by atoms with Crippen molar-refractivity contribution >= 4 is 28.6 Å². The lowest BCUT2D eigenvalue weighted by Crippen LogP contribution is -2.24. The zero-order valence-electron chi connectivity index (χ0n) is 16.4. The van der Waals surface area contributed by atoms with Gasteiger partial charge in [0.15, 0.2) is 0 Å². The van der Waals surface area contributed by atoms with Crippen LogP contribution in [0.5, 0.6) is 0 Å². The number of nitrogens with zero attached hydrogens (tertiary/aromatic N) is 1. The Hall–Kier alpha value is -3.13. The smallest absolute Gasteiger partial charge is 0.263 e. The lowest BCUT2D eigenvalue weighted by Gasteiger charge is -2.20. The van der Waals surface area contributed by atoms with Crippen LogP contribution in [0.15, 0.2) is 77.6 Å². The average Bonchev–Trinajstić information content (AvgIpc) is 2.73. The van der Waals surface area contributed by atoms with Crippen LogP contribution in [0.3, 0.4) is 0 Å². The zero-order valence-corrected chi connectivity index (χ0v) is 16.4. The number of aromatic nitrogens is 1. The number of rotatable bonds is 4. The summed E-state index contributed by atoms with van der Waals surface area (Å²) in [6.07, 6.45) is 12.5. The second-order valence-electron chi connectivity index (χ2n) is 7.53. The van der Waals surface area contributed by atoms with Gasteiger partial charge in [-0.05, 0) is 47.4 Å². The maximum atomic E-state index is 13.6. The first kappa shape index (κ1) is 18.2. The third-order valence-electron chi connectivity index (χ3n) is 5.19. The fourth-order valence-electron chi connectivity index (χ4n) is 3.75. The van der Waals surface area contributed by atoms with E-state index in [0.29, 0.717) is 0 Å². The average molecular weight is 367 g/mol. The first-order chi connectivity index (χ1) is 13.6. The number of fused-ring (bicyclic) bond motifs is 1. The van der Waals surface area contributed by atoms with E-state index >= 15 is 0 Å². The van der Waals surface area contributed by atoms with E-state index in [1.165, 1.54) is 0 Å². The Balaban J connectivity index is 1.94. The van der Waals surface area contributed by atoms with E-state index in [0.717, 1.165) is 46.1 Å². The highest BCUT2D eigenvalue weighted by atomic mass is 16.1. The molecule has 1 aliphatic rings. The monoisotopic (exact) mass is 367 g/mol. The molecule has 1 aromatic heterocycles. The van der Waals surface area contributed by atoms with Crippen LogP contribution in [-0.4, -0.2) is 4.57 Å². The molecule has 28 heavy (non-hydrogen) atoms. The second-order valence-corrected chi connectivity index (χ2v) is 7.53. The van der Waals surface area contributed by atoms with Crippen LogP contribution in [0.25, 0.3) is 28.6 Å². The Labute approximate surface area is 166 Å². The molecule has 0 fully saturated rings. The van der Waals surface area contributed by atoms with Crippen molar-refractivity contribution in [2.75, 3.05) is 0 Å². The van der Waals surface area contributed by atoms with Gasteiger partial charge in [-0.3, -0.25) is 9.36 Å². The number of benzene rings is 2. The van der Waals surface area contributed by atoms with Gasteiger partial charge in [-0.2, -0.15) is 0 Å². The summed E-state index contributed by atoms with van der Waals surface area (Å²) in [5.74, 6) is 0.261. The third kappa shape index (κ3) is 3.50. The van der Waals surface area contributed by atoms with E-state index in [-0.39, 0.29) is 11.5 Å². The van der Waals surface area contributed by atoms with Gasteiger partial charge in [-0.1, -0.05) is 86.7 Å². The van der Waals surface area contributed by atoms with Gasteiger partial charge in [0.25, 0.3) is 5.56 Å². The van der Waals surface area contributed by atoms with Crippen LogP contribution in [-0.2, 0) is 0 Å². The zero-order chi connectivity index (χ0) is 19.5. The summed E-state index contributed by atoms with van der Waals surface area (Å²) in [5, 5.41) is 1.78. The van der Waals surface area contributed by atoms with Crippen molar-refractivity contribution in [3.05, 3.63) is 100.0 Å². The van der Waals surface area contributed by atoms with Crippen LogP contribution >= 0.6 is 0 Å². The predicted molar refractivity (Wildman–Crippen MR) is 120 cm³/mol. The maximum Gasteiger partial charge on any atom is 0.263 e. The predicted octanol–water partition coefficient (Wildman–Crippen LogP) is 6.49. The standard InChI is InChI=1S/C26H25NO/c1-19(2)24-18-22-13-9-12-21(17-16-20-10-5-3-6-11-20)25(22)26(28)27(24)23-14-7-4-8-15-23/h3,5-7,9-19H,4,8H2,1-2H3/b17-16+. The highest BCUT2D eigenvalue weighted by molar-refractivity contribution is 5.93. The van der Waals surface area contributed by atoms with E-state index in [2.05, 4.69) is 56.4 Å². The molecule has 1 heterocycles. The number of hydrogen-bond acceptors (Lipinski definition) is 1. The molecule has 140 valence electrons. The van der Waals surface area contributed by atoms with Gasteiger partial charge in [0.2, 0.25) is 0 Å². The number of hydrogen-bond donors (Lipinski definition) is 0. The molecule has 3 aromatic rings. The molecule has 0 radical (unpaired) electrons. The normalized spacial score (nSPS) is 14.2. The van der Waals surface area contributed by atoms with Gasteiger partial charge >= 0.3 is 0 Å². The maximum absolute atomic E-state index is 13.6. The van der Waals surface area contributed by atoms with Gasteiger partial charge < -0.3 is 0 Å². The Morgan fingerprint density at radius 2 is 1.79 bits per heavy atom. The van der Waals surface area contributed by atoms with E-state index in [1.807, 2.05) is 47.0 Å². The topological polar surface area (TPSA) is 22.0 Å². The lowest BCUT2D eigenvalue weighted by molar-refractivity contribution is 0.771. The summed E-state index contributed by atoms with van der Waals surface area (Å²) >= 11 is 0. The third-order valence-corrected chi connectivity index (χ3v) is 5.19. The summed E-state index contributed by atoms with van der Waals surface area (Å²) in [4.78, 5) is 13.6. The molecule has 0 bridgehead atoms. The Morgan fingerprint density at radius 3 is 2.50 bits per heavy atom. The molecular weight excluding hydrogens is 342 g/mol. The Morgan fingerprint density at radius 1 is 0.964 bits per heavy atom. The SMILES string of the molecule is CC(C)c1cc2cccc(/C=C/c3ccccc3)c2c(=O)n1C1=CCCC=C1. The minimum atomic E-state index is 0.0623. The van der Waals surface area contributed by atoms with E-state index in [4.69, 9.17) is 0 Å². The number of allylic oxidation sites excluding steroid dienone is 4. The first-order valence-electron chi connectivity index (χ1n) is 9.94. The molecule has 0 saturated carbocycles. The molecule has 0 aliphatic heterocycles. The summed E-state index contributed by atoms with van der Waals surface area (Å²) in [5.41, 5.74) is 4.18. The molecule has 0 spiro atoms. The highest BCUT2D eigenvalue weighted by Gasteiger charge is 2.16. The summed E-state index contributed by atoms with van der Waals surface area (Å²) in [7, 11) is 0. The Kier molecular flexibility index (Phi) is 5.12. The van der Waals surface area contributed by atoms with Crippen molar-refractivity contribution in [3.8, 4) is 0 Å². The van der Waals surface area contributed by atoms with Crippen molar-refractivity contribution in [2.24, 2.45) is 0 Å². The van der Waals surface area contributed by atoms with E-state index in [9.17, 15) is 4.79 Å².